The van der Waals surface area contributed by atoms with Gasteiger partial charge in [-0.2, -0.15) is 0 Å². The zero-order chi connectivity index (χ0) is 10.5. The minimum atomic E-state index is 0.436. The fraction of sp³-hybridized carbons (Fsp3) is 0.917. The molecule has 0 spiro atoms. The topological polar surface area (TPSA) is 29.5 Å². The number of carbonyl (C=O) groups excluding carboxylic acids is 1. The number of nitrogens with zero attached hydrogens (tertiary/aromatic N) is 1. The van der Waals surface area contributed by atoms with E-state index < -0.39 is 0 Å². The molecule has 3 nitrogen and oxygen atoms in total. The van der Waals surface area contributed by atoms with E-state index in [-0.39, 0.29) is 0 Å². The third kappa shape index (κ3) is 3.58. The Morgan fingerprint density at radius 2 is 2.13 bits per heavy atom. The van der Waals surface area contributed by atoms with Crippen LogP contribution in [-0.2, 0) is 9.53 Å². The first kappa shape index (κ1) is 11.1. The Balaban J connectivity index is 1.55. The molecule has 2 aliphatic heterocycles. The molecule has 1 atom stereocenters. The number of ketones is 1. The molecule has 0 bridgehead atoms. The highest BCUT2D eigenvalue weighted by Crippen LogP contribution is 2.17. The van der Waals surface area contributed by atoms with Gasteiger partial charge < -0.3 is 9.64 Å². The zero-order valence-corrected chi connectivity index (χ0v) is 9.41. The molecule has 2 fully saturated rings. The van der Waals surface area contributed by atoms with Gasteiger partial charge in [0.25, 0.3) is 0 Å². The highest BCUT2D eigenvalue weighted by Gasteiger charge is 2.18. The number of hydrogen-bond acceptors (Lipinski definition) is 3. The van der Waals surface area contributed by atoms with Crippen molar-refractivity contribution in [1.29, 1.82) is 0 Å². The highest BCUT2D eigenvalue weighted by atomic mass is 16.5. The van der Waals surface area contributed by atoms with Crippen molar-refractivity contribution < 1.29 is 9.53 Å². The summed E-state index contributed by atoms with van der Waals surface area (Å²) in [7, 11) is 0. The van der Waals surface area contributed by atoms with E-state index in [2.05, 4.69) is 4.90 Å². The monoisotopic (exact) mass is 211 g/mol. The number of likely N-dealkylation sites (tertiary alicyclic amines) is 1. The second-order valence-electron chi connectivity index (χ2n) is 4.66. The molecule has 0 amide bonds. The molecule has 0 saturated carbocycles. The molecule has 1 unspecified atom stereocenters. The molecular formula is C12H21NO2. The van der Waals surface area contributed by atoms with Crippen molar-refractivity contribution in [2.24, 2.45) is 0 Å². The van der Waals surface area contributed by atoms with Crippen LogP contribution in [0.2, 0.25) is 0 Å². The van der Waals surface area contributed by atoms with Gasteiger partial charge in [0.2, 0.25) is 0 Å². The average Bonchev–Trinajstić information content (AvgIpc) is 2.74. The van der Waals surface area contributed by atoms with Gasteiger partial charge in [0.1, 0.15) is 5.78 Å². The quantitative estimate of drug-likeness (QED) is 0.707. The smallest absolute Gasteiger partial charge is 0.135 e. The Kier molecular flexibility index (Phi) is 4.15. The molecule has 0 aliphatic carbocycles. The summed E-state index contributed by atoms with van der Waals surface area (Å²) in [6.07, 6.45) is 6.96. The predicted octanol–water partition coefficient (Wildman–Crippen LogP) is 1.61. The van der Waals surface area contributed by atoms with E-state index in [0.29, 0.717) is 11.9 Å². The van der Waals surface area contributed by atoms with E-state index in [0.717, 1.165) is 39.1 Å². The van der Waals surface area contributed by atoms with Crippen LogP contribution in [0, 0.1) is 0 Å². The van der Waals surface area contributed by atoms with Crippen LogP contribution in [0.4, 0.5) is 0 Å². The first-order valence-corrected chi connectivity index (χ1v) is 6.20. The molecule has 86 valence electrons. The molecule has 2 aliphatic rings. The van der Waals surface area contributed by atoms with Gasteiger partial charge in [0, 0.05) is 32.5 Å². The first-order valence-electron chi connectivity index (χ1n) is 6.20. The van der Waals surface area contributed by atoms with E-state index in [9.17, 15) is 4.79 Å². The van der Waals surface area contributed by atoms with Crippen molar-refractivity contribution in [3.8, 4) is 0 Å². The highest BCUT2D eigenvalue weighted by molar-refractivity contribution is 5.79. The molecule has 15 heavy (non-hydrogen) atoms. The van der Waals surface area contributed by atoms with E-state index in [4.69, 9.17) is 4.74 Å². The van der Waals surface area contributed by atoms with Gasteiger partial charge in [-0.1, -0.05) is 0 Å². The number of carbonyl (C=O) groups is 1. The number of Topliss-reactive ketones (excluding diaryl/α,β-unsaturated/α-hetero) is 1. The van der Waals surface area contributed by atoms with Crippen LogP contribution in [-0.4, -0.2) is 43.0 Å². The van der Waals surface area contributed by atoms with Crippen molar-refractivity contribution in [2.45, 2.75) is 44.6 Å². The van der Waals surface area contributed by atoms with Crippen molar-refractivity contribution in [1.82, 2.24) is 4.90 Å². The third-order valence-corrected chi connectivity index (χ3v) is 3.44. The molecule has 0 N–H and O–H groups in total. The number of ether oxygens (including phenoxy) is 1. The maximum Gasteiger partial charge on any atom is 0.135 e. The van der Waals surface area contributed by atoms with Crippen LogP contribution >= 0.6 is 0 Å². The van der Waals surface area contributed by atoms with E-state index >= 15 is 0 Å². The van der Waals surface area contributed by atoms with Crippen molar-refractivity contribution >= 4 is 5.78 Å². The van der Waals surface area contributed by atoms with Crippen LogP contribution in [0.15, 0.2) is 0 Å². The fourth-order valence-electron chi connectivity index (χ4n) is 2.44. The van der Waals surface area contributed by atoms with Gasteiger partial charge in [0.05, 0.1) is 6.10 Å². The minimum absolute atomic E-state index is 0.436. The fourth-order valence-corrected chi connectivity index (χ4v) is 2.44. The van der Waals surface area contributed by atoms with E-state index in [1.807, 2.05) is 0 Å². The summed E-state index contributed by atoms with van der Waals surface area (Å²) in [4.78, 5) is 13.5. The molecular weight excluding hydrogens is 190 g/mol. The summed E-state index contributed by atoms with van der Waals surface area (Å²) in [6.45, 7) is 4.06. The Hall–Kier alpha value is -0.410. The van der Waals surface area contributed by atoms with Gasteiger partial charge >= 0.3 is 0 Å². The van der Waals surface area contributed by atoms with Crippen LogP contribution in [0.1, 0.15) is 38.5 Å². The van der Waals surface area contributed by atoms with Gasteiger partial charge in [-0.3, -0.25) is 4.79 Å². The molecule has 2 saturated heterocycles. The lowest BCUT2D eigenvalue weighted by molar-refractivity contribution is -0.121. The van der Waals surface area contributed by atoms with Crippen LogP contribution in [0.3, 0.4) is 0 Å². The molecule has 0 radical (unpaired) electrons. The minimum Gasteiger partial charge on any atom is -0.378 e. The summed E-state index contributed by atoms with van der Waals surface area (Å²) in [5.41, 5.74) is 0. The van der Waals surface area contributed by atoms with Crippen LogP contribution in [0.5, 0.6) is 0 Å². The molecule has 0 aromatic rings. The molecule has 3 heteroatoms. The first-order chi connectivity index (χ1) is 7.34. The van der Waals surface area contributed by atoms with E-state index in [1.165, 1.54) is 25.7 Å². The standard InChI is InChI=1S/C12H21NO2/c14-11-5-8-13(9-6-11)7-1-3-12-4-2-10-15-12/h12H,1-10H2. The van der Waals surface area contributed by atoms with Crippen LogP contribution < -0.4 is 0 Å². The van der Waals surface area contributed by atoms with E-state index in [1.54, 1.807) is 0 Å². The van der Waals surface area contributed by atoms with Gasteiger partial charge in [-0.15, -0.1) is 0 Å². The van der Waals surface area contributed by atoms with Crippen LogP contribution in [0.25, 0.3) is 0 Å². The maximum atomic E-state index is 11.0. The third-order valence-electron chi connectivity index (χ3n) is 3.44. The summed E-state index contributed by atoms with van der Waals surface area (Å²) in [6, 6.07) is 0. The Labute approximate surface area is 91.8 Å². The van der Waals surface area contributed by atoms with Crippen molar-refractivity contribution in [3.05, 3.63) is 0 Å². The number of hydrogen-bond donors (Lipinski definition) is 0. The number of rotatable bonds is 4. The van der Waals surface area contributed by atoms with Gasteiger partial charge in [-0.05, 0) is 32.2 Å². The lowest BCUT2D eigenvalue weighted by atomic mass is 10.1. The molecule has 2 rings (SSSR count). The summed E-state index contributed by atoms with van der Waals surface area (Å²) in [5.74, 6) is 0.436. The summed E-state index contributed by atoms with van der Waals surface area (Å²) in [5, 5.41) is 0. The Morgan fingerprint density at radius 1 is 1.33 bits per heavy atom. The van der Waals surface area contributed by atoms with Gasteiger partial charge in [0.15, 0.2) is 0 Å². The largest absolute Gasteiger partial charge is 0.378 e. The normalized spacial score (nSPS) is 28.5. The maximum absolute atomic E-state index is 11.0. The summed E-state index contributed by atoms with van der Waals surface area (Å²) < 4.78 is 5.59. The molecule has 0 aromatic carbocycles. The molecule has 2 heterocycles. The second kappa shape index (κ2) is 5.61. The predicted molar refractivity (Wildman–Crippen MR) is 58.9 cm³/mol. The molecule has 0 aromatic heterocycles. The Morgan fingerprint density at radius 3 is 2.80 bits per heavy atom. The Bertz CT molecular complexity index is 202. The number of piperidine rings is 1. The lowest BCUT2D eigenvalue weighted by Crippen LogP contribution is -2.34. The van der Waals surface area contributed by atoms with Gasteiger partial charge in [-0.25, -0.2) is 0 Å². The SMILES string of the molecule is O=C1CCN(CCCC2CCCO2)CC1. The second-order valence-corrected chi connectivity index (χ2v) is 4.66. The van der Waals surface area contributed by atoms with Crippen molar-refractivity contribution in [2.75, 3.05) is 26.2 Å². The van der Waals surface area contributed by atoms with Crippen molar-refractivity contribution in [3.63, 3.8) is 0 Å². The lowest BCUT2D eigenvalue weighted by Gasteiger charge is -2.25. The zero-order valence-electron chi connectivity index (χ0n) is 9.41. The summed E-state index contributed by atoms with van der Waals surface area (Å²) >= 11 is 0. The average molecular weight is 211 g/mol.